The molecule has 1 atom stereocenters. The lowest BCUT2D eigenvalue weighted by Crippen LogP contribution is -2.18. The first kappa shape index (κ1) is 17.7. The van der Waals surface area contributed by atoms with Crippen molar-refractivity contribution in [2.45, 2.75) is 33.1 Å². The van der Waals surface area contributed by atoms with Gasteiger partial charge in [0.15, 0.2) is 0 Å². The maximum absolute atomic E-state index is 12.5. The van der Waals surface area contributed by atoms with E-state index >= 15 is 0 Å². The number of hydrazone groups is 1. The third-order valence-corrected chi connectivity index (χ3v) is 6.40. The molecule has 2 aromatic carbocycles. The summed E-state index contributed by atoms with van der Waals surface area (Å²) in [7, 11) is 0. The summed E-state index contributed by atoms with van der Waals surface area (Å²) < 4.78 is 0. The molecule has 0 fully saturated rings. The molecule has 3 aromatic rings. The van der Waals surface area contributed by atoms with Crippen LogP contribution >= 0.6 is 11.3 Å². The van der Waals surface area contributed by atoms with Crippen molar-refractivity contribution in [3.63, 3.8) is 0 Å². The molecule has 1 heterocycles. The summed E-state index contributed by atoms with van der Waals surface area (Å²) in [6.07, 6.45) is 3.29. The van der Waals surface area contributed by atoms with Crippen molar-refractivity contribution >= 4 is 33.7 Å². The standard InChI is InChI=1S/C22H22N2O2S/c1-13-7-10-19-16(11-13)12-20(27-19)22(26)24-23-14(2)17-9-8-15-5-3-4-6-18(15)21(17)25/h3-6,8-9,12-13,25H,7,10-11H2,1-2H3,(H,24,26)/b23-14+/t13-/m0/s1. The molecule has 0 spiro atoms. The van der Waals surface area contributed by atoms with Crippen LogP contribution in [0, 0.1) is 5.92 Å². The van der Waals surface area contributed by atoms with Gasteiger partial charge in [0.1, 0.15) is 5.75 Å². The first-order valence-electron chi connectivity index (χ1n) is 9.20. The van der Waals surface area contributed by atoms with Crippen LogP contribution in [0.3, 0.4) is 0 Å². The Kier molecular flexibility index (Phi) is 4.70. The minimum absolute atomic E-state index is 0.184. The van der Waals surface area contributed by atoms with Crippen molar-refractivity contribution < 1.29 is 9.90 Å². The third kappa shape index (κ3) is 3.47. The van der Waals surface area contributed by atoms with Crippen molar-refractivity contribution in [1.29, 1.82) is 0 Å². The normalized spacial score (nSPS) is 17.0. The summed E-state index contributed by atoms with van der Waals surface area (Å²) in [4.78, 5) is 14.5. The second-order valence-electron chi connectivity index (χ2n) is 7.23. The average molecular weight is 378 g/mol. The fourth-order valence-electron chi connectivity index (χ4n) is 3.61. The molecule has 27 heavy (non-hydrogen) atoms. The van der Waals surface area contributed by atoms with Crippen LogP contribution < -0.4 is 5.43 Å². The van der Waals surface area contributed by atoms with Gasteiger partial charge in [0.2, 0.25) is 0 Å². The van der Waals surface area contributed by atoms with Crippen molar-refractivity contribution in [2.75, 3.05) is 0 Å². The molecule has 138 valence electrons. The number of aryl methyl sites for hydroxylation is 1. The van der Waals surface area contributed by atoms with Gasteiger partial charge in [0.05, 0.1) is 10.6 Å². The molecule has 1 aromatic heterocycles. The molecule has 0 saturated heterocycles. The minimum Gasteiger partial charge on any atom is -0.507 e. The molecule has 4 rings (SSSR count). The summed E-state index contributed by atoms with van der Waals surface area (Å²) in [5, 5.41) is 16.5. The van der Waals surface area contributed by atoms with Gasteiger partial charge in [-0.15, -0.1) is 11.3 Å². The highest BCUT2D eigenvalue weighted by Gasteiger charge is 2.20. The molecule has 2 N–H and O–H groups in total. The van der Waals surface area contributed by atoms with E-state index in [1.165, 1.54) is 16.9 Å². The highest BCUT2D eigenvalue weighted by atomic mass is 32.1. The summed E-state index contributed by atoms with van der Waals surface area (Å²) in [6, 6.07) is 13.4. The van der Waals surface area contributed by atoms with Gasteiger partial charge in [0.25, 0.3) is 5.91 Å². The van der Waals surface area contributed by atoms with Crippen molar-refractivity contribution in [3.05, 3.63) is 63.3 Å². The SMILES string of the molecule is C/C(=N\NC(=O)c1cc2c(s1)CC[C@H](C)C2)c1ccc2ccccc2c1O. The Hall–Kier alpha value is -2.66. The lowest BCUT2D eigenvalue weighted by atomic mass is 9.90. The maximum atomic E-state index is 12.5. The smallest absolute Gasteiger partial charge is 0.281 e. The lowest BCUT2D eigenvalue weighted by Gasteiger charge is -2.16. The number of nitrogens with one attached hydrogen (secondary N) is 1. The number of fused-ring (bicyclic) bond motifs is 2. The topological polar surface area (TPSA) is 61.7 Å². The van der Waals surface area contributed by atoms with E-state index in [0.29, 0.717) is 22.1 Å². The zero-order valence-corrected chi connectivity index (χ0v) is 16.3. The second kappa shape index (κ2) is 7.16. The molecular weight excluding hydrogens is 356 g/mol. The van der Waals surface area contributed by atoms with E-state index in [4.69, 9.17) is 0 Å². The summed E-state index contributed by atoms with van der Waals surface area (Å²) in [5.74, 6) is 0.671. The average Bonchev–Trinajstić information content (AvgIpc) is 3.09. The van der Waals surface area contributed by atoms with Crippen LogP contribution in [0.4, 0.5) is 0 Å². The second-order valence-corrected chi connectivity index (χ2v) is 8.36. The highest BCUT2D eigenvalue weighted by molar-refractivity contribution is 7.14. The number of hydrogen-bond donors (Lipinski definition) is 2. The maximum Gasteiger partial charge on any atom is 0.281 e. The van der Waals surface area contributed by atoms with E-state index in [0.717, 1.165) is 23.6 Å². The fraction of sp³-hybridized carbons (Fsp3) is 0.273. The number of hydrogen-bond acceptors (Lipinski definition) is 4. The minimum atomic E-state index is -0.193. The zero-order chi connectivity index (χ0) is 19.0. The monoisotopic (exact) mass is 378 g/mol. The van der Waals surface area contributed by atoms with Crippen LogP contribution in [0.5, 0.6) is 5.75 Å². The zero-order valence-electron chi connectivity index (χ0n) is 15.5. The van der Waals surface area contributed by atoms with E-state index in [1.54, 1.807) is 18.3 Å². The van der Waals surface area contributed by atoms with Crippen molar-refractivity contribution in [1.82, 2.24) is 5.43 Å². The summed E-state index contributed by atoms with van der Waals surface area (Å²) in [6.45, 7) is 4.04. The van der Waals surface area contributed by atoms with Crippen LogP contribution in [-0.2, 0) is 12.8 Å². The first-order valence-corrected chi connectivity index (χ1v) is 10.0. The van der Waals surface area contributed by atoms with Crippen molar-refractivity contribution in [2.24, 2.45) is 11.0 Å². The molecule has 1 amide bonds. The molecular formula is C22H22N2O2S. The quantitative estimate of drug-likeness (QED) is 0.504. The Morgan fingerprint density at radius 2 is 2.07 bits per heavy atom. The van der Waals surface area contributed by atoms with Gasteiger partial charge in [-0.05, 0) is 55.2 Å². The predicted molar refractivity (Wildman–Crippen MR) is 111 cm³/mol. The van der Waals surface area contributed by atoms with Gasteiger partial charge in [-0.3, -0.25) is 4.79 Å². The molecule has 4 nitrogen and oxygen atoms in total. The van der Waals surface area contributed by atoms with Crippen LogP contribution in [0.1, 0.15) is 45.9 Å². The van der Waals surface area contributed by atoms with Gasteiger partial charge < -0.3 is 5.11 Å². The molecule has 0 radical (unpaired) electrons. The Morgan fingerprint density at radius 1 is 1.26 bits per heavy atom. The number of amides is 1. The Balaban J connectivity index is 1.54. The number of thiophene rings is 1. The van der Waals surface area contributed by atoms with Crippen LogP contribution in [0.2, 0.25) is 0 Å². The Morgan fingerprint density at radius 3 is 2.93 bits per heavy atom. The van der Waals surface area contributed by atoms with Gasteiger partial charge >= 0.3 is 0 Å². The molecule has 0 bridgehead atoms. The number of phenols is 1. The highest BCUT2D eigenvalue weighted by Crippen LogP contribution is 2.32. The number of nitrogens with zero attached hydrogens (tertiary/aromatic N) is 1. The number of carbonyl (C=O) groups excluding carboxylic acids is 1. The van der Waals surface area contributed by atoms with Crippen LogP contribution in [-0.4, -0.2) is 16.7 Å². The molecule has 1 aliphatic carbocycles. The summed E-state index contributed by atoms with van der Waals surface area (Å²) >= 11 is 1.57. The molecule has 0 aliphatic heterocycles. The molecule has 5 heteroatoms. The Labute approximate surface area is 162 Å². The number of benzene rings is 2. The van der Waals surface area contributed by atoms with E-state index in [-0.39, 0.29) is 11.7 Å². The molecule has 0 unspecified atom stereocenters. The van der Waals surface area contributed by atoms with Crippen LogP contribution in [0.25, 0.3) is 10.8 Å². The van der Waals surface area contributed by atoms with Gasteiger partial charge in [-0.1, -0.05) is 37.3 Å². The van der Waals surface area contributed by atoms with Crippen molar-refractivity contribution in [3.8, 4) is 5.75 Å². The third-order valence-electron chi connectivity index (χ3n) is 5.17. The van der Waals surface area contributed by atoms with Gasteiger partial charge in [-0.25, -0.2) is 5.43 Å². The van der Waals surface area contributed by atoms with E-state index in [1.807, 2.05) is 42.5 Å². The largest absolute Gasteiger partial charge is 0.507 e. The number of carbonyl (C=O) groups is 1. The Bertz CT molecular complexity index is 1050. The van der Waals surface area contributed by atoms with Gasteiger partial charge in [0, 0.05) is 15.8 Å². The van der Waals surface area contributed by atoms with E-state index in [9.17, 15) is 9.90 Å². The molecule has 0 saturated carbocycles. The molecule has 1 aliphatic rings. The summed E-state index contributed by atoms with van der Waals surface area (Å²) in [5.41, 5.74) is 5.13. The van der Waals surface area contributed by atoms with E-state index < -0.39 is 0 Å². The number of phenolic OH excluding ortho intramolecular Hbond substituents is 1. The number of aromatic hydroxyl groups is 1. The van der Waals surface area contributed by atoms with Gasteiger partial charge in [-0.2, -0.15) is 5.10 Å². The first-order chi connectivity index (χ1) is 13.0. The van der Waals surface area contributed by atoms with E-state index in [2.05, 4.69) is 17.5 Å². The number of rotatable bonds is 3. The lowest BCUT2D eigenvalue weighted by molar-refractivity contribution is 0.0958. The predicted octanol–water partition coefficient (Wildman–Crippen LogP) is 4.89. The van der Waals surface area contributed by atoms with Crippen LogP contribution in [0.15, 0.2) is 47.6 Å². The fourth-order valence-corrected chi connectivity index (χ4v) is 4.71.